The van der Waals surface area contributed by atoms with E-state index in [4.69, 9.17) is 0 Å². The molecule has 4 heteroatoms. The lowest BCUT2D eigenvalue weighted by Gasteiger charge is -2.62. The number of hydrogen-bond acceptors (Lipinski definition) is 3. The number of likely N-dealkylation sites (N-methyl/N-ethyl adjacent to an activating group) is 1. The highest BCUT2D eigenvalue weighted by atomic mass is 16.2. The number of likely N-dealkylation sites (tertiary alicyclic amines) is 1. The molecule has 0 aromatic heterocycles. The number of nitrogens with zero attached hydrogens (tertiary/aromatic N) is 1. The molecule has 0 saturated carbocycles. The van der Waals surface area contributed by atoms with Crippen LogP contribution in [0.2, 0.25) is 0 Å². The molecular formula is C17H28N2O2. The van der Waals surface area contributed by atoms with Crippen LogP contribution in [0.4, 0.5) is 0 Å². The summed E-state index contributed by atoms with van der Waals surface area (Å²) < 4.78 is 0. The van der Waals surface area contributed by atoms with Crippen LogP contribution in [0.1, 0.15) is 41.0 Å². The molecule has 4 nitrogen and oxygen atoms in total. The molecule has 1 N–H and O–H groups in total. The van der Waals surface area contributed by atoms with Gasteiger partial charge in [-0.1, -0.05) is 20.1 Å². The average molecular weight is 292 g/mol. The molecule has 2 atom stereocenters. The van der Waals surface area contributed by atoms with Crippen LogP contribution in [0.5, 0.6) is 0 Å². The van der Waals surface area contributed by atoms with Crippen LogP contribution in [0.25, 0.3) is 0 Å². The van der Waals surface area contributed by atoms with Crippen LogP contribution in [-0.4, -0.2) is 40.3 Å². The first-order valence-corrected chi connectivity index (χ1v) is 7.32. The number of carbonyl (C=O) groups excluding carboxylic acids is 2. The highest BCUT2D eigenvalue weighted by Crippen LogP contribution is 2.47. The predicted octanol–water partition coefficient (Wildman–Crippen LogP) is 2.31. The summed E-state index contributed by atoms with van der Waals surface area (Å²) in [4.78, 5) is 26.9. The molecule has 1 aliphatic rings. The average Bonchev–Trinajstić information content (AvgIpc) is 2.40. The lowest BCUT2D eigenvalue weighted by atomic mass is 9.59. The third kappa shape index (κ3) is 2.46. The van der Waals surface area contributed by atoms with Gasteiger partial charge in [0, 0.05) is 11.1 Å². The van der Waals surface area contributed by atoms with E-state index in [0.29, 0.717) is 0 Å². The Morgan fingerprint density at radius 3 is 2.14 bits per heavy atom. The number of rotatable bonds is 4. The minimum Gasteiger partial charge on any atom is -0.338 e. The molecule has 1 rings (SSSR count). The summed E-state index contributed by atoms with van der Waals surface area (Å²) in [6, 6.07) is 0. The second kappa shape index (κ2) is 5.41. The summed E-state index contributed by atoms with van der Waals surface area (Å²) in [5.74, 6) is -0.510. The van der Waals surface area contributed by atoms with Crippen molar-refractivity contribution in [2.45, 2.75) is 57.7 Å². The fourth-order valence-electron chi connectivity index (χ4n) is 3.95. The lowest BCUT2D eigenvalue weighted by Crippen LogP contribution is -2.79. The normalized spacial score (nSPS) is 31.2. The van der Waals surface area contributed by atoms with Gasteiger partial charge < -0.3 is 5.32 Å². The second-order valence-electron chi connectivity index (χ2n) is 7.11. The molecule has 1 heterocycles. The van der Waals surface area contributed by atoms with Crippen molar-refractivity contribution in [2.75, 3.05) is 7.05 Å². The van der Waals surface area contributed by atoms with E-state index in [0.717, 1.165) is 6.42 Å². The summed E-state index contributed by atoms with van der Waals surface area (Å²) in [7, 11) is 2.00. The molecule has 0 spiro atoms. The van der Waals surface area contributed by atoms with Gasteiger partial charge in [-0.2, -0.15) is 0 Å². The van der Waals surface area contributed by atoms with Gasteiger partial charge in [-0.3, -0.25) is 14.5 Å². The maximum absolute atomic E-state index is 12.7. The number of carbonyl (C=O) groups is 2. The van der Waals surface area contributed by atoms with E-state index in [1.54, 1.807) is 0 Å². The monoisotopic (exact) mass is 292 g/mol. The summed E-state index contributed by atoms with van der Waals surface area (Å²) in [5.41, 5.74) is -1.63. The molecule has 2 unspecified atom stereocenters. The Bertz CT molecular complexity index is 479. The van der Waals surface area contributed by atoms with Gasteiger partial charge in [-0.15, -0.1) is 0 Å². The molecule has 1 aliphatic heterocycles. The van der Waals surface area contributed by atoms with Gasteiger partial charge in [0.25, 0.3) is 0 Å². The minimum atomic E-state index is -1.01. The van der Waals surface area contributed by atoms with Gasteiger partial charge in [-0.25, -0.2) is 0 Å². The summed E-state index contributed by atoms with van der Waals surface area (Å²) in [5, 5.41) is 2.92. The van der Waals surface area contributed by atoms with Crippen LogP contribution in [0, 0.1) is 5.92 Å². The van der Waals surface area contributed by atoms with Gasteiger partial charge in [0.1, 0.15) is 5.54 Å². The fraction of sp³-hybridized carbons (Fsp3) is 0.647. The first-order chi connectivity index (χ1) is 9.47. The Hall–Kier alpha value is -1.42. The minimum absolute atomic E-state index is 0.0203. The van der Waals surface area contributed by atoms with Crippen molar-refractivity contribution in [3.05, 3.63) is 25.3 Å². The molecule has 0 aliphatic carbocycles. The lowest BCUT2D eigenvalue weighted by molar-refractivity contribution is -0.151. The Kier molecular flexibility index (Phi) is 4.54. The van der Waals surface area contributed by atoms with Gasteiger partial charge in [-0.05, 0) is 59.2 Å². The van der Waals surface area contributed by atoms with Crippen molar-refractivity contribution in [3.8, 4) is 0 Å². The van der Waals surface area contributed by atoms with Gasteiger partial charge in [0.15, 0.2) is 5.78 Å². The van der Waals surface area contributed by atoms with E-state index < -0.39 is 11.1 Å². The van der Waals surface area contributed by atoms with Crippen molar-refractivity contribution in [1.82, 2.24) is 10.2 Å². The summed E-state index contributed by atoms with van der Waals surface area (Å²) in [6.45, 7) is 17.4. The number of amides is 1. The highest BCUT2D eigenvalue weighted by Gasteiger charge is 2.62. The van der Waals surface area contributed by atoms with Crippen molar-refractivity contribution >= 4 is 11.7 Å². The zero-order valence-electron chi connectivity index (χ0n) is 14.1. The van der Waals surface area contributed by atoms with E-state index in [9.17, 15) is 9.59 Å². The Morgan fingerprint density at radius 1 is 1.19 bits per heavy atom. The number of ketones is 1. The molecule has 0 radical (unpaired) electrons. The zero-order valence-corrected chi connectivity index (χ0v) is 14.1. The molecule has 21 heavy (non-hydrogen) atoms. The van der Waals surface area contributed by atoms with Crippen LogP contribution in [-0.2, 0) is 9.59 Å². The van der Waals surface area contributed by atoms with Gasteiger partial charge in [0.2, 0.25) is 5.91 Å². The van der Waals surface area contributed by atoms with E-state index in [2.05, 4.69) is 37.2 Å². The molecule has 0 aromatic rings. The van der Waals surface area contributed by atoms with Crippen LogP contribution < -0.4 is 5.32 Å². The second-order valence-corrected chi connectivity index (χ2v) is 7.11. The molecule has 0 bridgehead atoms. The zero-order chi connectivity index (χ0) is 16.6. The van der Waals surface area contributed by atoms with E-state index >= 15 is 0 Å². The topological polar surface area (TPSA) is 49.4 Å². The number of nitrogens with one attached hydrogen (secondary N) is 1. The Morgan fingerprint density at radius 2 is 1.71 bits per heavy atom. The molecule has 1 fully saturated rings. The van der Waals surface area contributed by atoms with Gasteiger partial charge in [0.05, 0.1) is 0 Å². The molecule has 1 amide bonds. The van der Waals surface area contributed by atoms with Crippen molar-refractivity contribution in [1.29, 1.82) is 0 Å². The first kappa shape index (κ1) is 17.6. The highest BCUT2D eigenvalue weighted by molar-refractivity contribution is 6.03. The Balaban J connectivity index is 3.52. The molecule has 118 valence electrons. The largest absolute Gasteiger partial charge is 0.338 e. The molecule has 0 aromatic carbocycles. The standard InChI is InChI=1S/C17H28N2O2/c1-9-13(20)17(18-14(21)10-2)12(3)11-15(4,5)19(8)16(17,6)7/h9-10,12H,1-2,11H2,3-8H3,(H,18,21). The fourth-order valence-corrected chi connectivity index (χ4v) is 3.95. The Labute approximate surface area is 128 Å². The van der Waals surface area contributed by atoms with Crippen LogP contribution in [0.3, 0.4) is 0 Å². The van der Waals surface area contributed by atoms with E-state index in [1.165, 1.54) is 12.2 Å². The maximum Gasteiger partial charge on any atom is 0.244 e. The van der Waals surface area contributed by atoms with Gasteiger partial charge >= 0.3 is 0 Å². The van der Waals surface area contributed by atoms with Crippen molar-refractivity contribution < 1.29 is 9.59 Å². The number of hydrogen-bond donors (Lipinski definition) is 1. The van der Waals surface area contributed by atoms with Crippen LogP contribution >= 0.6 is 0 Å². The summed E-state index contributed by atoms with van der Waals surface area (Å²) in [6.07, 6.45) is 3.32. The van der Waals surface area contributed by atoms with Crippen LogP contribution in [0.15, 0.2) is 25.3 Å². The smallest absolute Gasteiger partial charge is 0.244 e. The van der Waals surface area contributed by atoms with E-state index in [-0.39, 0.29) is 23.1 Å². The first-order valence-electron chi connectivity index (χ1n) is 7.32. The van der Waals surface area contributed by atoms with Crippen molar-refractivity contribution in [3.63, 3.8) is 0 Å². The quantitative estimate of drug-likeness (QED) is 0.809. The van der Waals surface area contributed by atoms with E-state index in [1.807, 2.05) is 27.8 Å². The molecule has 1 saturated heterocycles. The third-order valence-electron chi connectivity index (χ3n) is 5.34. The number of piperidine rings is 1. The SMILES string of the molecule is C=CC(=O)NC1(C(=O)C=C)C(C)CC(C)(C)N(C)C1(C)C. The predicted molar refractivity (Wildman–Crippen MR) is 86.0 cm³/mol. The van der Waals surface area contributed by atoms with Crippen molar-refractivity contribution in [2.24, 2.45) is 5.92 Å². The summed E-state index contributed by atoms with van der Waals surface area (Å²) >= 11 is 0. The molecular weight excluding hydrogens is 264 g/mol. The third-order valence-corrected chi connectivity index (χ3v) is 5.34. The maximum atomic E-state index is 12.7.